The Hall–Kier alpha value is -4.05. The van der Waals surface area contributed by atoms with Gasteiger partial charge in [-0.1, -0.05) is 36.4 Å². The Kier molecular flexibility index (Phi) is 8.25. The fraction of sp³-hybridized carbons (Fsp3) is 0.333. The number of nitrogens with zero attached hydrogens (tertiary/aromatic N) is 3. The largest absolute Gasteiger partial charge is 0.493 e. The summed E-state index contributed by atoms with van der Waals surface area (Å²) in [6, 6.07) is 23.8. The average molecular weight is 553 g/mol. The molecule has 0 saturated carbocycles. The second kappa shape index (κ2) is 12.0. The van der Waals surface area contributed by atoms with Crippen LogP contribution in [0.25, 0.3) is 22.4 Å². The molecule has 1 fully saturated rings. The maximum atomic E-state index is 10.6. The van der Waals surface area contributed by atoms with E-state index < -0.39 is 12.1 Å². The van der Waals surface area contributed by atoms with Crippen LogP contribution >= 0.6 is 0 Å². The summed E-state index contributed by atoms with van der Waals surface area (Å²) in [5.41, 5.74) is 7.37. The lowest BCUT2D eigenvalue weighted by Gasteiger charge is -2.18. The lowest BCUT2D eigenvalue weighted by molar-refractivity contribution is -0.192. The number of hydrogen-bond acceptors (Lipinski definition) is 5. The van der Waals surface area contributed by atoms with Crippen LogP contribution < -0.4 is 15.0 Å². The Morgan fingerprint density at radius 1 is 1.02 bits per heavy atom. The molecule has 0 aliphatic carbocycles. The SMILES string of the molecule is O=C(O)C(F)(F)F.c1ccc(CNCCn2c(-c3ccc4c(c3)CCO4)nc3c(N4CCCC4)cccc32)cc1. The van der Waals surface area contributed by atoms with Gasteiger partial charge in [-0.25, -0.2) is 9.78 Å². The minimum Gasteiger partial charge on any atom is -0.493 e. The van der Waals surface area contributed by atoms with Crippen LogP contribution in [0.1, 0.15) is 24.0 Å². The number of nitrogens with one attached hydrogen (secondary N) is 1. The van der Waals surface area contributed by atoms with Gasteiger partial charge < -0.3 is 24.6 Å². The van der Waals surface area contributed by atoms with E-state index in [2.05, 4.69) is 81.5 Å². The molecule has 4 aromatic rings. The monoisotopic (exact) mass is 552 g/mol. The van der Waals surface area contributed by atoms with E-state index in [1.54, 1.807) is 0 Å². The Balaban J connectivity index is 0.000000411. The smallest absolute Gasteiger partial charge is 0.490 e. The van der Waals surface area contributed by atoms with Gasteiger partial charge in [0.25, 0.3) is 0 Å². The Morgan fingerprint density at radius 2 is 1.77 bits per heavy atom. The first kappa shape index (κ1) is 27.5. The molecule has 0 amide bonds. The molecule has 3 aromatic carbocycles. The number of aromatic nitrogens is 2. The number of carboxylic acid groups (broad SMARTS) is 1. The number of para-hydroxylation sites is 1. The van der Waals surface area contributed by atoms with E-state index in [0.717, 1.165) is 62.8 Å². The molecule has 1 aromatic heterocycles. The minimum absolute atomic E-state index is 0.776. The normalized spacial score (nSPS) is 14.5. The van der Waals surface area contributed by atoms with Crippen molar-refractivity contribution < 1.29 is 27.8 Å². The molecular weight excluding hydrogens is 521 g/mol. The lowest BCUT2D eigenvalue weighted by Crippen LogP contribution is -2.21. The zero-order valence-electron chi connectivity index (χ0n) is 22.0. The van der Waals surface area contributed by atoms with Crippen LogP contribution in [0.3, 0.4) is 0 Å². The predicted octanol–water partition coefficient (Wildman–Crippen LogP) is 5.66. The van der Waals surface area contributed by atoms with Crippen LogP contribution in [0.15, 0.2) is 66.7 Å². The first-order valence-corrected chi connectivity index (χ1v) is 13.4. The first-order valence-electron chi connectivity index (χ1n) is 13.4. The number of alkyl halides is 3. The highest BCUT2D eigenvalue weighted by Crippen LogP contribution is 2.35. The van der Waals surface area contributed by atoms with Crippen molar-refractivity contribution in [3.8, 4) is 17.1 Å². The highest BCUT2D eigenvalue weighted by Gasteiger charge is 2.38. The highest BCUT2D eigenvalue weighted by atomic mass is 19.4. The number of halogens is 3. The zero-order chi connectivity index (χ0) is 28.1. The van der Waals surface area contributed by atoms with Gasteiger partial charge >= 0.3 is 12.1 Å². The molecule has 40 heavy (non-hydrogen) atoms. The van der Waals surface area contributed by atoms with Gasteiger partial charge in [-0.2, -0.15) is 13.2 Å². The Morgan fingerprint density at radius 3 is 2.50 bits per heavy atom. The molecule has 0 bridgehead atoms. The third kappa shape index (κ3) is 6.22. The molecule has 0 spiro atoms. The number of ether oxygens (including phenoxy) is 1. The molecule has 2 N–H and O–H groups in total. The summed E-state index contributed by atoms with van der Waals surface area (Å²) < 4.78 is 39.9. The van der Waals surface area contributed by atoms with E-state index in [1.165, 1.54) is 40.7 Å². The first-order chi connectivity index (χ1) is 19.3. The molecular formula is C30H31F3N4O3. The van der Waals surface area contributed by atoms with Crippen molar-refractivity contribution in [1.29, 1.82) is 0 Å². The van der Waals surface area contributed by atoms with E-state index in [4.69, 9.17) is 19.6 Å². The molecule has 3 heterocycles. The standard InChI is InChI=1S/C28H30N4O.C2HF3O2/c1-2-7-21(8-3-1)20-29-14-17-32-25-10-6-9-24(31-15-4-5-16-31)27(25)30-28(32)23-11-12-26-22(19-23)13-18-33-26;3-2(4,5)1(6)7/h1-3,6-12,19,29H,4-5,13-18,20H2;(H,6,7). The molecule has 2 aliphatic heterocycles. The second-order valence-corrected chi connectivity index (χ2v) is 9.81. The predicted molar refractivity (Wildman–Crippen MR) is 148 cm³/mol. The van der Waals surface area contributed by atoms with Crippen molar-refractivity contribution in [2.75, 3.05) is 31.1 Å². The van der Waals surface area contributed by atoms with Gasteiger partial charge in [-0.15, -0.1) is 0 Å². The van der Waals surface area contributed by atoms with Crippen molar-refractivity contribution in [3.63, 3.8) is 0 Å². The summed E-state index contributed by atoms with van der Waals surface area (Å²) in [5.74, 6) is -0.691. The summed E-state index contributed by atoms with van der Waals surface area (Å²) in [4.78, 5) is 16.6. The third-order valence-corrected chi connectivity index (χ3v) is 7.08. The topological polar surface area (TPSA) is 79.6 Å². The summed E-state index contributed by atoms with van der Waals surface area (Å²) >= 11 is 0. The van der Waals surface area contributed by atoms with Crippen LogP contribution in [0, 0.1) is 0 Å². The number of aliphatic carboxylic acids is 1. The molecule has 2 aliphatic rings. The molecule has 0 unspecified atom stereocenters. The van der Waals surface area contributed by atoms with Crippen molar-refractivity contribution in [2.24, 2.45) is 0 Å². The molecule has 0 atom stereocenters. The van der Waals surface area contributed by atoms with Crippen molar-refractivity contribution in [3.05, 3.63) is 77.9 Å². The maximum Gasteiger partial charge on any atom is 0.490 e. The number of anilines is 1. The molecule has 210 valence electrons. The fourth-order valence-electron chi connectivity index (χ4n) is 5.14. The van der Waals surface area contributed by atoms with Gasteiger partial charge in [-0.05, 0) is 54.3 Å². The summed E-state index contributed by atoms with van der Waals surface area (Å²) in [7, 11) is 0. The van der Waals surface area contributed by atoms with Gasteiger partial charge in [0.1, 0.15) is 17.1 Å². The number of imidazole rings is 1. The second-order valence-electron chi connectivity index (χ2n) is 9.81. The van der Waals surface area contributed by atoms with E-state index in [-0.39, 0.29) is 0 Å². The van der Waals surface area contributed by atoms with Gasteiger partial charge in [0, 0.05) is 44.7 Å². The Bertz CT molecular complexity index is 1460. The van der Waals surface area contributed by atoms with Crippen LogP contribution in [0.2, 0.25) is 0 Å². The van der Waals surface area contributed by atoms with E-state index in [9.17, 15) is 13.2 Å². The van der Waals surface area contributed by atoms with Gasteiger partial charge in [0.2, 0.25) is 0 Å². The third-order valence-electron chi connectivity index (χ3n) is 7.08. The Labute approximate surface area is 230 Å². The summed E-state index contributed by atoms with van der Waals surface area (Å²) in [6.07, 6.45) is -1.59. The average Bonchev–Trinajstić information content (AvgIpc) is 3.71. The highest BCUT2D eigenvalue weighted by molar-refractivity contribution is 5.92. The number of rotatable bonds is 7. The molecule has 6 rings (SSSR count). The van der Waals surface area contributed by atoms with Crippen molar-refractivity contribution in [1.82, 2.24) is 14.9 Å². The number of carboxylic acids is 1. The van der Waals surface area contributed by atoms with Gasteiger partial charge in [-0.3, -0.25) is 0 Å². The number of carbonyl (C=O) groups is 1. The van der Waals surface area contributed by atoms with Crippen LogP contribution in [0.4, 0.5) is 18.9 Å². The molecule has 7 nitrogen and oxygen atoms in total. The van der Waals surface area contributed by atoms with Crippen molar-refractivity contribution >= 4 is 22.7 Å². The maximum absolute atomic E-state index is 10.6. The quantitative estimate of drug-likeness (QED) is 0.288. The minimum atomic E-state index is -5.08. The van der Waals surface area contributed by atoms with E-state index in [1.807, 2.05) is 0 Å². The van der Waals surface area contributed by atoms with Crippen LogP contribution in [-0.4, -0.2) is 53.0 Å². The zero-order valence-corrected chi connectivity index (χ0v) is 22.0. The van der Waals surface area contributed by atoms with Gasteiger partial charge in [0.05, 0.1) is 17.8 Å². The number of fused-ring (bicyclic) bond motifs is 2. The van der Waals surface area contributed by atoms with Crippen LogP contribution in [-0.2, 0) is 24.3 Å². The van der Waals surface area contributed by atoms with Crippen molar-refractivity contribution in [2.45, 2.75) is 38.5 Å². The molecule has 10 heteroatoms. The lowest BCUT2D eigenvalue weighted by atomic mass is 10.1. The number of hydrogen-bond donors (Lipinski definition) is 2. The molecule has 1 saturated heterocycles. The summed E-state index contributed by atoms with van der Waals surface area (Å²) in [6.45, 7) is 5.65. The van der Waals surface area contributed by atoms with Gasteiger partial charge in [0.15, 0.2) is 0 Å². The van der Waals surface area contributed by atoms with E-state index >= 15 is 0 Å². The summed E-state index contributed by atoms with van der Waals surface area (Å²) in [5, 5.41) is 10.7. The van der Waals surface area contributed by atoms with E-state index in [0.29, 0.717) is 0 Å². The number of benzene rings is 3. The molecule has 0 radical (unpaired) electrons. The fourth-order valence-corrected chi connectivity index (χ4v) is 5.14. The van der Waals surface area contributed by atoms with Crippen LogP contribution in [0.5, 0.6) is 5.75 Å².